The van der Waals surface area contributed by atoms with Crippen molar-refractivity contribution in [2.75, 3.05) is 7.11 Å². The number of aliphatic hydroxyl groups excluding tert-OH is 7. The van der Waals surface area contributed by atoms with Gasteiger partial charge in [-0.15, -0.1) is 0 Å². The van der Waals surface area contributed by atoms with E-state index in [0.717, 1.165) is 7.11 Å². The quantitative estimate of drug-likeness (QED) is 0.148. The van der Waals surface area contributed by atoms with Gasteiger partial charge in [-0.05, 0) is 6.92 Å². The molecule has 0 unspecified atom stereocenters. The monoisotopic (exact) mass is 530 g/mol. The minimum atomic E-state index is -2.02. The lowest BCUT2D eigenvalue weighted by atomic mass is 9.96. The second kappa shape index (κ2) is 11.4. The minimum Gasteiger partial charge on any atom is -0.479 e. The summed E-state index contributed by atoms with van der Waals surface area (Å²) in [5.74, 6) is -3.37. The third-order valence-corrected chi connectivity index (χ3v) is 6.20. The van der Waals surface area contributed by atoms with Crippen molar-refractivity contribution in [2.45, 2.75) is 99.0 Å². The van der Waals surface area contributed by atoms with Crippen LogP contribution in [-0.4, -0.2) is 157 Å². The van der Waals surface area contributed by atoms with Gasteiger partial charge in [0, 0.05) is 7.11 Å². The number of carboxylic acid groups (broad SMARTS) is 2. The molecule has 0 aromatic rings. The Labute approximate surface area is 202 Å². The van der Waals surface area contributed by atoms with Crippen molar-refractivity contribution in [3.05, 3.63) is 0 Å². The number of carbonyl (C=O) groups is 2. The van der Waals surface area contributed by atoms with Gasteiger partial charge in [0.2, 0.25) is 0 Å². The van der Waals surface area contributed by atoms with Gasteiger partial charge in [-0.25, -0.2) is 9.59 Å². The topological polar surface area (TPSA) is 272 Å². The lowest BCUT2D eigenvalue weighted by molar-refractivity contribution is -0.383. The maximum absolute atomic E-state index is 11.4. The predicted octanol–water partition coefficient (Wildman–Crippen LogP) is -5.71. The number of rotatable bonds is 7. The fraction of sp³-hybridized carbons (Fsp3) is 0.895. The van der Waals surface area contributed by atoms with E-state index in [0.29, 0.717) is 0 Å². The fourth-order valence-corrected chi connectivity index (χ4v) is 4.11. The third kappa shape index (κ3) is 5.48. The summed E-state index contributed by atoms with van der Waals surface area (Å²) in [6, 6.07) is 0. The zero-order valence-electron chi connectivity index (χ0n) is 19.0. The molecule has 0 aliphatic carbocycles. The Bertz CT molecular complexity index is 733. The molecule has 17 heteroatoms. The molecule has 3 saturated heterocycles. The Morgan fingerprint density at radius 2 is 1.00 bits per heavy atom. The zero-order valence-corrected chi connectivity index (χ0v) is 19.0. The number of methoxy groups -OCH3 is 1. The van der Waals surface area contributed by atoms with Crippen LogP contribution in [0.4, 0.5) is 0 Å². The molecule has 15 atom stereocenters. The molecule has 0 amide bonds. The number of hydrogen-bond acceptors (Lipinski definition) is 15. The van der Waals surface area contributed by atoms with Crippen LogP contribution in [0.1, 0.15) is 6.92 Å². The van der Waals surface area contributed by atoms with Crippen LogP contribution in [0.15, 0.2) is 0 Å². The maximum Gasteiger partial charge on any atom is 0.335 e. The van der Waals surface area contributed by atoms with Crippen molar-refractivity contribution in [1.29, 1.82) is 0 Å². The summed E-state index contributed by atoms with van der Waals surface area (Å²) in [6.07, 6.45) is -27.2. The number of hydrogen-bond donors (Lipinski definition) is 9. The molecule has 0 spiro atoms. The van der Waals surface area contributed by atoms with E-state index in [9.17, 15) is 55.5 Å². The van der Waals surface area contributed by atoms with E-state index in [-0.39, 0.29) is 0 Å². The van der Waals surface area contributed by atoms with Crippen LogP contribution in [0.25, 0.3) is 0 Å². The molecule has 3 aliphatic rings. The van der Waals surface area contributed by atoms with Crippen LogP contribution in [0.3, 0.4) is 0 Å². The second-order valence-electron chi connectivity index (χ2n) is 8.61. The highest BCUT2D eigenvalue weighted by Crippen LogP contribution is 2.33. The van der Waals surface area contributed by atoms with Crippen LogP contribution >= 0.6 is 0 Å². The summed E-state index contributed by atoms with van der Waals surface area (Å²) in [5, 5.41) is 89.6. The van der Waals surface area contributed by atoms with E-state index < -0.39 is 104 Å². The summed E-state index contributed by atoms with van der Waals surface area (Å²) < 4.78 is 31.9. The Morgan fingerprint density at radius 1 is 0.583 bits per heavy atom. The standard InChI is InChI=1S/C19H30O17/c1-3-4(20)11(33-17-9(25)5(21)7(23)12(34-17)15(27)28)14(19(31-2)32-3)36-18-10(26)6(22)8(24)13(35-18)16(29)30/h3-14,17-26H,1-2H3,(H,27,28)(H,29,30)/t3-,4-,5-,6-,7+,8+,9+,10+,11+,12-,13-,14+,17+,18+,19+/m0/s1. The van der Waals surface area contributed by atoms with E-state index in [1.165, 1.54) is 6.92 Å². The maximum atomic E-state index is 11.4. The molecule has 0 aromatic heterocycles. The van der Waals surface area contributed by atoms with Gasteiger partial charge in [-0.3, -0.25) is 0 Å². The average Bonchev–Trinajstić information content (AvgIpc) is 2.82. The molecule has 0 radical (unpaired) electrons. The highest BCUT2D eigenvalue weighted by Gasteiger charge is 2.55. The largest absolute Gasteiger partial charge is 0.479 e. The highest BCUT2D eigenvalue weighted by molar-refractivity contribution is 5.73. The first kappa shape index (κ1) is 29.0. The minimum absolute atomic E-state index is 1.03. The molecular formula is C19H30O17. The van der Waals surface area contributed by atoms with Crippen LogP contribution in [0.2, 0.25) is 0 Å². The first-order chi connectivity index (χ1) is 16.8. The molecule has 0 bridgehead atoms. The summed E-state index contributed by atoms with van der Waals surface area (Å²) in [5.41, 5.74) is 0. The number of aliphatic carboxylic acids is 2. The third-order valence-electron chi connectivity index (χ3n) is 6.20. The summed E-state index contributed by atoms with van der Waals surface area (Å²) in [4.78, 5) is 22.8. The molecule has 17 nitrogen and oxygen atoms in total. The molecule has 36 heavy (non-hydrogen) atoms. The Kier molecular flexibility index (Phi) is 9.21. The van der Waals surface area contributed by atoms with Crippen LogP contribution in [-0.2, 0) is 38.0 Å². The van der Waals surface area contributed by atoms with E-state index in [2.05, 4.69) is 0 Å². The molecule has 9 N–H and O–H groups in total. The molecule has 3 fully saturated rings. The van der Waals surface area contributed by atoms with Gasteiger partial charge in [0.15, 0.2) is 31.1 Å². The van der Waals surface area contributed by atoms with E-state index in [4.69, 9.17) is 28.4 Å². The van der Waals surface area contributed by atoms with Crippen molar-refractivity contribution in [2.24, 2.45) is 0 Å². The van der Waals surface area contributed by atoms with Gasteiger partial charge in [0.05, 0.1) is 6.10 Å². The number of ether oxygens (including phenoxy) is 6. The average molecular weight is 530 g/mol. The number of carboxylic acids is 2. The highest BCUT2D eigenvalue weighted by atomic mass is 16.8. The van der Waals surface area contributed by atoms with Crippen molar-refractivity contribution in [1.82, 2.24) is 0 Å². The van der Waals surface area contributed by atoms with E-state index in [1.54, 1.807) is 0 Å². The molecule has 208 valence electrons. The van der Waals surface area contributed by atoms with Crippen molar-refractivity contribution in [3.63, 3.8) is 0 Å². The molecule has 3 rings (SSSR count). The van der Waals surface area contributed by atoms with Gasteiger partial charge in [0.1, 0.15) is 54.9 Å². The first-order valence-electron chi connectivity index (χ1n) is 10.8. The lowest BCUT2D eigenvalue weighted by Crippen LogP contribution is -2.67. The van der Waals surface area contributed by atoms with E-state index in [1.807, 2.05) is 0 Å². The smallest absolute Gasteiger partial charge is 0.335 e. The van der Waals surface area contributed by atoms with Crippen LogP contribution in [0, 0.1) is 0 Å². The summed E-state index contributed by atoms with van der Waals surface area (Å²) in [6.45, 7) is 1.40. The fourth-order valence-electron chi connectivity index (χ4n) is 4.11. The Hall–Kier alpha value is -1.58. The lowest BCUT2D eigenvalue weighted by Gasteiger charge is -2.48. The van der Waals surface area contributed by atoms with Crippen molar-refractivity contribution >= 4 is 11.9 Å². The van der Waals surface area contributed by atoms with Crippen LogP contribution < -0.4 is 0 Å². The molecular weight excluding hydrogens is 500 g/mol. The normalized spacial score (nSPS) is 50.0. The van der Waals surface area contributed by atoms with Crippen LogP contribution in [0.5, 0.6) is 0 Å². The SMILES string of the molecule is CO[C@@H]1O[C@@H](C)[C@H](O)[C@@H](O[C@@H]2O[C@H](C(=O)O)[C@H](O)[C@H](O)[C@H]2O)[C@H]1O[C@H]1O[C@H](C(=O)O)[C@H](O)[C@H](O)[C@H]1O. The summed E-state index contributed by atoms with van der Waals surface area (Å²) >= 11 is 0. The number of aliphatic hydroxyl groups is 7. The predicted molar refractivity (Wildman–Crippen MR) is 106 cm³/mol. The van der Waals surface area contributed by atoms with Gasteiger partial charge >= 0.3 is 11.9 Å². The van der Waals surface area contributed by atoms with Gasteiger partial charge in [-0.2, -0.15) is 0 Å². The van der Waals surface area contributed by atoms with Gasteiger partial charge in [-0.1, -0.05) is 0 Å². The Balaban J connectivity index is 1.88. The van der Waals surface area contributed by atoms with Gasteiger partial charge < -0.3 is 74.4 Å². The molecule has 0 aromatic carbocycles. The van der Waals surface area contributed by atoms with Gasteiger partial charge in [0.25, 0.3) is 0 Å². The second-order valence-corrected chi connectivity index (χ2v) is 8.61. The zero-order chi connectivity index (χ0) is 27.1. The molecule has 0 saturated carbocycles. The Morgan fingerprint density at radius 3 is 1.39 bits per heavy atom. The molecule has 3 heterocycles. The van der Waals surface area contributed by atoms with E-state index >= 15 is 0 Å². The summed E-state index contributed by atoms with van der Waals surface area (Å²) in [7, 11) is 1.16. The first-order valence-corrected chi connectivity index (χ1v) is 10.8. The van der Waals surface area contributed by atoms with Crippen molar-refractivity contribution in [3.8, 4) is 0 Å². The molecule has 3 aliphatic heterocycles. The van der Waals surface area contributed by atoms with Crippen molar-refractivity contribution < 1.29 is 84.0 Å².